The third kappa shape index (κ3) is 5.70. The average molecular weight is 363 g/mol. The van der Waals surface area contributed by atoms with E-state index in [4.69, 9.17) is 19.5 Å². The molecule has 1 fully saturated rings. The zero-order valence-corrected chi connectivity index (χ0v) is 15.4. The molecule has 1 aliphatic rings. The smallest absolute Gasteiger partial charge is 0.305 e. The Hall–Kier alpha value is -2.13. The van der Waals surface area contributed by atoms with Crippen molar-refractivity contribution in [1.82, 2.24) is 0 Å². The summed E-state index contributed by atoms with van der Waals surface area (Å²) in [4.78, 5) is 11.8. The fraction of sp³-hybridized carbons (Fsp3) is 0.600. The molecule has 0 radical (unpaired) electrons. The summed E-state index contributed by atoms with van der Waals surface area (Å²) in [5, 5.41) is 9.03. The van der Waals surface area contributed by atoms with Crippen LogP contribution in [0.5, 0.6) is 5.75 Å². The molecule has 0 saturated heterocycles. The molecular weight excluding hydrogens is 337 g/mol. The molecule has 1 atom stereocenters. The molecule has 142 valence electrons. The zero-order valence-electron chi connectivity index (χ0n) is 15.4. The number of hydrogen-bond acceptors (Lipinski definition) is 5. The van der Waals surface area contributed by atoms with Crippen LogP contribution in [0.25, 0.3) is 0 Å². The fourth-order valence-corrected chi connectivity index (χ4v) is 3.16. The van der Waals surface area contributed by atoms with E-state index in [9.17, 15) is 9.18 Å². The van der Waals surface area contributed by atoms with Crippen LogP contribution in [0, 0.1) is 23.1 Å². The summed E-state index contributed by atoms with van der Waals surface area (Å²) in [5.41, 5.74) is 0.527. The summed E-state index contributed by atoms with van der Waals surface area (Å²) >= 11 is 0. The van der Waals surface area contributed by atoms with Crippen molar-refractivity contribution in [2.75, 3.05) is 13.7 Å². The van der Waals surface area contributed by atoms with Crippen LogP contribution in [0.2, 0.25) is 0 Å². The van der Waals surface area contributed by atoms with Gasteiger partial charge < -0.3 is 14.2 Å². The quantitative estimate of drug-likeness (QED) is 0.644. The van der Waals surface area contributed by atoms with E-state index in [1.54, 1.807) is 6.07 Å². The molecule has 0 heterocycles. The van der Waals surface area contributed by atoms with E-state index < -0.39 is 11.9 Å². The van der Waals surface area contributed by atoms with Crippen LogP contribution >= 0.6 is 0 Å². The van der Waals surface area contributed by atoms with Gasteiger partial charge >= 0.3 is 5.97 Å². The van der Waals surface area contributed by atoms with Crippen molar-refractivity contribution in [1.29, 1.82) is 5.26 Å². The first-order valence-corrected chi connectivity index (χ1v) is 9.11. The number of rotatable bonds is 8. The maximum Gasteiger partial charge on any atom is 0.305 e. The van der Waals surface area contributed by atoms with Crippen molar-refractivity contribution in [3.8, 4) is 11.8 Å². The minimum atomic E-state index is -0.606. The lowest BCUT2D eigenvalue weighted by Gasteiger charge is -2.30. The highest BCUT2D eigenvalue weighted by atomic mass is 19.1. The Morgan fingerprint density at radius 2 is 2.08 bits per heavy atom. The van der Waals surface area contributed by atoms with Gasteiger partial charge in [-0.05, 0) is 50.3 Å². The number of ether oxygens (including phenoxy) is 3. The van der Waals surface area contributed by atoms with Crippen LogP contribution in [-0.4, -0.2) is 25.8 Å². The number of benzene rings is 1. The second kappa shape index (κ2) is 10.1. The van der Waals surface area contributed by atoms with Crippen LogP contribution in [0.15, 0.2) is 18.2 Å². The first kappa shape index (κ1) is 20.2. The lowest BCUT2D eigenvalue weighted by atomic mass is 9.88. The Kier molecular flexibility index (Phi) is 7.86. The topological polar surface area (TPSA) is 68.5 Å². The van der Waals surface area contributed by atoms with Gasteiger partial charge in [-0.25, -0.2) is 4.39 Å². The Labute approximate surface area is 154 Å². The van der Waals surface area contributed by atoms with E-state index in [0.717, 1.165) is 25.7 Å². The Morgan fingerprint density at radius 3 is 2.69 bits per heavy atom. The maximum atomic E-state index is 13.8. The van der Waals surface area contributed by atoms with Gasteiger partial charge in [0.25, 0.3) is 0 Å². The molecule has 26 heavy (non-hydrogen) atoms. The SMILES string of the molecule is CCCC(=O)OC[C@H](OC1CCC(C#N)CC1)c1cc(F)ccc1OC. The molecule has 1 aliphatic carbocycles. The van der Waals surface area contributed by atoms with E-state index in [2.05, 4.69) is 6.07 Å². The lowest BCUT2D eigenvalue weighted by Crippen LogP contribution is -2.26. The first-order chi connectivity index (χ1) is 12.6. The van der Waals surface area contributed by atoms with Gasteiger partial charge in [0, 0.05) is 17.9 Å². The highest BCUT2D eigenvalue weighted by molar-refractivity contribution is 5.69. The van der Waals surface area contributed by atoms with E-state index in [-0.39, 0.29) is 24.6 Å². The highest BCUT2D eigenvalue weighted by Crippen LogP contribution is 2.34. The molecule has 0 N–H and O–H groups in total. The van der Waals surface area contributed by atoms with Crippen molar-refractivity contribution >= 4 is 5.97 Å². The minimum absolute atomic E-state index is 0.0107. The van der Waals surface area contributed by atoms with Crippen LogP contribution in [0.1, 0.15) is 57.1 Å². The molecule has 1 aromatic rings. The van der Waals surface area contributed by atoms with Gasteiger partial charge in [-0.15, -0.1) is 0 Å². The molecule has 0 spiro atoms. The summed E-state index contributed by atoms with van der Waals surface area (Å²) < 4.78 is 30.6. The van der Waals surface area contributed by atoms with Gasteiger partial charge in [-0.3, -0.25) is 4.79 Å². The fourth-order valence-electron chi connectivity index (χ4n) is 3.16. The van der Waals surface area contributed by atoms with Crippen molar-refractivity contribution in [2.45, 2.75) is 57.7 Å². The van der Waals surface area contributed by atoms with Gasteiger partial charge in [0.05, 0.1) is 19.3 Å². The van der Waals surface area contributed by atoms with E-state index >= 15 is 0 Å². The van der Waals surface area contributed by atoms with Crippen LogP contribution in [-0.2, 0) is 14.3 Å². The van der Waals surface area contributed by atoms with Crippen LogP contribution < -0.4 is 4.74 Å². The molecule has 2 rings (SSSR count). The van der Waals surface area contributed by atoms with Gasteiger partial charge in [-0.2, -0.15) is 5.26 Å². The Bertz CT molecular complexity index is 635. The average Bonchev–Trinajstić information content (AvgIpc) is 2.65. The molecule has 0 aromatic heterocycles. The Morgan fingerprint density at radius 1 is 1.35 bits per heavy atom. The number of carbonyl (C=O) groups excluding carboxylic acids is 1. The number of nitrogens with zero attached hydrogens (tertiary/aromatic N) is 1. The van der Waals surface area contributed by atoms with Crippen LogP contribution in [0.3, 0.4) is 0 Å². The van der Waals surface area contributed by atoms with Crippen molar-refractivity contribution in [3.05, 3.63) is 29.6 Å². The monoisotopic (exact) mass is 363 g/mol. The molecule has 0 amide bonds. The maximum absolute atomic E-state index is 13.8. The number of hydrogen-bond donors (Lipinski definition) is 0. The first-order valence-electron chi connectivity index (χ1n) is 9.11. The third-order valence-electron chi connectivity index (χ3n) is 4.60. The van der Waals surface area contributed by atoms with Crippen molar-refractivity contribution < 1.29 is 23.4 Å². The predicted molar refractivity (Wildman–Crippen MR) is 94.0 cm³/mol. The molecule has 0 unspecified atom stereocenters. The van der Waals surface area contributed by atoms with Gasteiger partial charge in [0.15, 0.2) is 0 Å². The number of nitriles is 1. The summed E-state index contributed by atoms with van der Waals surface area (Å²) in [6.45, 7) is 1.91. The van der Waals surface area contributed by atoms with Crippen molar-refractivity contribution in [2.24, 2.45) is 5.92 Å². The highest BCUT2D eigenvalue weighted by Gasteiger charge is 2.27. The zero-order chi connectivity index (χ0) is 18.9. The molecule has 0 aliphatic heterocycles. The molecule has 0 bridgehead atoms. The second-order valence-corrected chi connectivity index (χ2v) is 6.55. The molecule has 5 nitrogen and oxygen atoms in total. The third-order valence-corrected chi connectivity index (χ3v) is 4.60. The second-order valence-electron chi connectivity index (χ2n) is 6.55. The van der Waals surface area contributed by atoms with Gasteiger partial charge in [0.2, 0.25) is 0 Å². The number of methoxy groups -OCH3 is 1. The summed E-state index contributed by atoms with van der Waals surface area (Å²) in [7, 11) is 1.51. The normalized spacial score (nSPS) is 20.8. The standard InChI is InChI=1S/C20H26FNO4/c1-3-4-20(23)25-13-19(17-11-15(21)7-10-18(17)24-2)26-16-8-5-14(12-22)6-9-16/h7,10-11,14,16,19H,3-6,8-9,13H2,1-2H3/t14?,16?,19-/m0/s1. The lowest BCUT2D eigenvalue weighted by molar-refractivity contribution is -0.150. The largest absolute Gasteiger partial charge is 0.496 e. The number of esters is 1. The molecule has 1 aromatic carbocycles. The summed E-state index contributed by atoms with van der Waals surface area (Å²) in [6.07, 6.45) is 3.46. The Balaban J connectivity index is 2.13. The number of carbonyl (C=O) groups is 1. The molecular formula is C20H26FNO4. The number of halogens is 1. The van der Waals surface area contributed by atoms with Crippen molar-refractivity contribution in [3.63, 3.8) is 0 Å². The van der Waals surface area contributed by atoms with Gasteiger partial charge in [0.1, 0.15) is 24.3 Å². The predicted octanol–water partition coefficient (Wildman–Crippen LogP) is 4.32. The summed E-state index contributed by atoms with van der Waals surface area (Å²) in [5.74, 6) is -0.139. The van der Waals surface area contributed by atoms with Crippen LogP contribution in [0.4, 0.5) is 4.39 Å². The van der Waals surface area contributed by atoms with E-state index in [1.165, 1.54) is 19.2 Å². The van der Waals surface area contributed by atoms with E-state index in [0.29, 0.717) is 24.2 Å². The summed E-state index contributed by atoms with van der Waals surface area (Å²) in [6, 6.07) is 6.52. The van der Waals surface area contributed by atoms with E-state index in [1.807, 2.05) is 6.92 Å². The van der Waals surface area contributed by atoms with Gasteiger partial charge in [-0.1, -0.05) is 6.92 Å². The minimum Gasteiger partial charge on any atom is -0.496 e. The molecule has 6 heteroatoms. The molecule has 1 saturated carbocycles.